The molecule has 1 saturated heterocycles. The first-order valence-corrected chi connectivity index (χ1v) is 7.57. The number of carbonyl (C=O) groups excluding carboxylic acids is 1. The number of likely N-dealkylation sites (tertiary alicyclic amines) is 1. The smallest absolute Gasteiger partial charge is 0.251 e. The molecule has 1 unspecified atom stereocenters. The Kier molecular flexibility index (Phi) is 4.13. The van der Waals surface area contributed by atoms with Crippen molar-refractivity contribution in [3.05, 3.63) is 24.1 Å². The molecule has 0 radical (unpaired) electrons. The van der Waals surface area contributed by atoms with E-state index >= 15 is 0 Å². The number of aromatic nitrogens is 4. The van der Waals surface area contributed by atoms with Gasteiger partial charge in [0.05, 0.1) is 17.2 Å². The summed E-state index contributed by atoms with van der Waals surface area (Å²) in [6, 6.07) is 0. The van der Waals surface area contributed by atoms with Crippen LogP contribution in [0.5, 0.6) is 0 Å². The largest absolute Gasteiger partial charge is 0.420 e. The minimum Gasteiger partial charge on any atom is -0.420 e. The van der Waals surface area contributed by atoms with E-state index in [1.165, 1.54) is 6.33 Å². The van der Waals surface area contributed by atoms with Crippen molar-refractivity contribution < 1.29 is 9.21 Å². The van der Waals surface area contributed by atoms with Crippen molar-refractivity contribution in [1.82, 2.24) is 25.1 Å². The van der Waals surface area contributed by atoms with E-state index in [1.807, 2.05) is 18.7 Å². The zero-order valence-electron chi connectivity index (χ0n) is 12.8. The topological polar surface area (TPSA) is 85.0 Å². The number of carbonyl (C=O) groups is 1. The molecule has 1 amide bonds. The van der Waals surface area contributed by atoms with Crippen LogP contribution >= 0.6 is 0 Å². The molecule has 1 atom stereocenters. The van der Waals surface area contributed by atoms with Gasteiger partial charge in [-0.05, 0) is 19.8 Å². The first-order valence-electron chi connectivity index (χ1n) is 7.57. The average molecular weight is 301 g/mol. The van der Waals surface area contributed by atoms with Crippen LogP contribution in [-0.4, -0.2) is 44.1 Å². The van der Waals surface area contributed by atoms with Gasteiger partial charge in [-0.1, -0.05) is 6.92 Å². The summed E-state index contributed by atoms with van der Waals surface area (Å²) >= 11 is 0. The SMILES string of the molecule is CCC(=O)N1CCCC(c2nnc(-c3cncnc3C)o2)C1. The fourth-order valence-electron chi connectivity index (χ4n) is 2.74. The van der Waals surface area contributed by atoms with Crippen molar-refractivity contribution in [2.24, 2.45) is 0 Å². The van der Waals surface area contributed by atoms with Crippen molar-refractivity contribution in [3.63, 3.8) is 0 Å². The van der Waals surface area contributed by atoms with Gasteiger partial charge >= 0.3 is 0 Å². The van der Waals surface area contributed by atoms with E-state index in [2.05, 4.69) is 20.2 Å². The molecule has 1 aliphatic heterocycles. The molecular formula is C15H19N5O2. The van der Waals surface area contributed by atoms with Gasteiger partial charge in [-0.15, -0.1) is 10.2 Å². The highest BCUT2D eigenvalue weighted by atomic mass is 16.4. The molecule has 0 aromatic carbocycles. The predicted octanol–water partition coefficient (Wildman–Crippen LogP) is 1.95. The quantitative estimate of drug-likeness (QED) is 0.861. The van der Waals surface area contributed by atoms with E-state index in [9.17, 15) is 4.79 Å². The summed E-state index contributed by atoms with van der Waals surface area (Å²) in [5.41, 5.74) is 1.55. The van der Waals surface area contributed by atoms with Gasteiger partial charge in [0.25, 0.3) is 5.89 Å². The van der Waals surface area contributed by atoms with Gasteiger partial charge in [-0.3, -0.25) is 4.79 Å². The van der Waals surface area contributed by atoms with Gasteiger partial charge in [0.15, 0.2) is 0 Å². The van der Waals surface area contributed by atoms with Gasteiger partial charge in [0.2, 0.25) is 11.8 Å². The highest BCUT2D eigenvalue weighted by Crippen LogP contribution is 2.29. The number of piperidine rings is 1. The second-order valence-electron chi connectivity index (χ2n) is 5.50. The number of nitrogens with zero attached hydrogens (tertiary/aromatic N) is 5. The molecule has 116 valence electrons. The van der Waals surface area contributed by atoms with Crippen molar-refractivity contribution in [1.29, 1.82) is 0 Å². The third-order valence-corrected chi connectivity index (χ3v) is 4.01. The number of rotatable bonds is 3. The molecule has 1 aliphatic rings. The van der Waals surface area contributed by atoms with E-state index in [0.717, 1.165) is 30.6 Å². The summed E-state index contributed by atoms with van der Waals surface area (Å²) in [5.74, 6) is 1.31. The molecule has 1 fully saturated rings. The second kappa shape index (κ2) is 6.21. The molecule has 2 aromatic rings. The number of aryl methyl sites for hydroxylation is 1. The van der Waals surface area contributed by atoms with Gasteiger partial charge in [-0.25, -0.2) is 9.97 Å². The Balaban J connectivity index is 1.79. The first-order chi connectivity index (χ1) is 10.7. The molecule has 0 aliphatic carbocycles. The number of hydrogen-bond donors (Lipinski definition) is 0. The summed E-state index contributed by atoms with van der Waals surface area (Å²) in [7, 11) is 0. The standard InChI is InChI=1S/C15H19N5O2/c1-3-13(21)20-6-4-5-11(8-20)14-18-19-15(22-14)12-7-16-9-17-10(12)2/h7,9,11H,3-6,8H2,1-2H3. The Morgan fingerprint density at radius 1 is 1.45 bits per heavy atom. The average Bonchev–Trinajstić information content (AvgIpc) is 3.04. The molecule has 0 saturated carbocycles. The summed E-state index contributed by atoms with van der Waals surface area (Å²) in [6.07, 6.45) is 5.61. The number of amides is 1. The molecule has 7 heteroatoms. The Bertz CT molecular complexity index is 669. The lowest BCUT2D eigenvalue weighted by Crippen LogP contribution is -2.38. The third-order valence-electron chi connectivity index (χ3n) is 4.01. The Morgan fingerprint density at radius 3 is 3.09 bits per heavy atom. The maximum Gasteiger partial charge on any atom is 0.251 e. The fourth-order valence-corrected chi connectivity index (χ4v) is 2.74. The maximum atomic E-state index is 11.9. The molecule has 3 heterocycles. The van der Waals surface area contributed by atoms with Gasteiger partial charge < -0.3 is 9.32 Å². The monoisotopic (exact) mass is 301 g/mol. The summed E-state index contributed by atoms with van der Waals surface area (Å²) in [4.78, 5) is 21.9. The van der Waals surface area contributed by atoms with Gasteiger partial charge in [-0.2, -0.15) is 0 Å². The van der Waals surface area contributed by atoms with Crippen LogP contribution in [0.1, 0.15) is 43.7 Å². The minimum atomic E-state index is 0.107. The van der Waals surface area contributed by atoms with Gasteiger partial charge in [0, 0.05) is 25.7 Å². The highest BCUT2D eigenvalue weighted by Gasteiger charge is 2.28. The second-order valence-corrected chi connectivity index (χ2v) is 5.50. The van der Waals surface area contributed by atoms with Crippen LogP contribution in [0, 0.1) is 6.92 Å². The minimum absolute atomic E-state index is 0.107. The zero-order valence-corrected chi connectivity index (χ0v) is 12.8. The molecule has 7 nitrogen and oxygen atoms in total. The first kappa shape index (κ1) is 14.6. The molecule has 0 N–H and O–H groups in total. The Hall–Kier alpha value is -2.31. The summed E-state index contributed by atoms with van der Waals surface area (Å²) < 4.78 is 5.81. The maximum absolute atomic E-state index is 11.9. The van der Waals surface area contributed by atoms with Gasteiger partial charge in [0.1, 0.15) is 6.33 Å². The molecule has 0 spiro atoms. The number of hydrogen-bond acceptors (Lipinski definition) is 6. The normalized spacial score (nSPS) is 18.5. The highest BCUT2D eigenvalue weighted by molar-refractivity contribution is 5.75. The van der Waals surface area contributed by atoms with Crippen LogP contribution in [-0.2, 0) is 4.79 Å². The lowest BCUT2D eigenvalue weighted by atomic mass is 9.98. The van der Waals surface area contributed by atoms with Crippen LogP contribution in [0.4, 0.5) is 0 Å². The van der Waals surface area contributed by atoms with E-state index in [0.29, 0.717) is 24.7 Å². The van der Waals surface area contributed by atoms with Crippen LogP contribution in [0.3, 0.4) is 0 Å². The fraction of sp³-hybridized carbons (Fsp3) is 0.533. The van der Waals surface area contributed by atoms with Crippen molar-refractivity contribution in [2.75, 3.05) is 13.1 Å². The lowest BCUT2D eigenvalue weighted by Gasteiger charge is -2.30. The van der Waals surface area contributed by atoms with Crippen LogP contribution < -0.4 is 0 Å². The molecule has 3 rings (SSSR count). The summed E-state index contributed by atoms with van der Waals surface area (Å²) in [6.45, 7) is 5.23. The third kappa shape index (κ3) is 2.84. The predicted molar refractivity (Wildman–Crippen MR) is 78.9 cm³/mol. The Labute approximate surface area is 128 Å². The van der Waals surface area contributed by atoms with E-state index < -0.39 is 0 Å². The van der Waals surface area contributed by atoms with Crippen LogP contribution in [0.15, 0.2) is 16.9 Å². The Morgan fingerprint density at radius 2 is 2.32 bits per heavy atom. The summed E-state index contributed by atoms with van der Waals surface area (Å²) in [5, 5.41) is 8.28. The molecule has 0 bridgehead atoms. The van der Waals surface area contributed by atoms with E-state index in [1.54, 1.807) is 6.20 Å². The van der Waals surface area contributed by atoms with E-state index in [4.69, 9.17) is 4.42 Å². The zero-order chi connectivity index (χ0) is 15.5. The molecule has 2 aromatic heterocycles. The molecule has 22 heavy (non-hydrogen) atoms. The van der Waals surface area contributed by atoms with E-state index in [-0.39, 0.29) is 11.8 Å². The van der Waals surface area contributed by atoms with Crippen molar-refractivity contribution in [3.8, 4) is 11.5 Å². The van der Waals surface area contributed by atoms with Crippen LogP contribution in [0.25, 0.3) is 11.5 Å². The van der Waals surface area contributed by atoms with Crippen molar-refractivity contribution in [2.45, 2.75) is 39.0 Å². The van der Waals surface area contributed by atoms with Crippen molar-refractivity contribution >= 4 is 5.91 Å². The van der Waals surface area contributed by atoms with Crippen LogP contribution in [0.2, 0.25) is 0 Å². The lowest BCUT2D eigenvalue weighted by molar-refractivity contribution is -0.132. The molecular weight excluding hydrogens is 282 g/mol.